The number of carbonyl (C=O) groups excluding carboxylic acids is 1. The Balaban J connectivity index is 2.28. The molecule has 1 amide bonds. The van der Waals surface area contributed by atoms with Crippen LogP contribution >= 0.6 is 11.6 Å². The van der Waals surface area contributed by atoms with Gasteiger partial charge in [-0.05, 0) is 36.4 Å². The van der Waals surface area contributed by atoms with Crippen molar-refractivity contribution in [2.75, 3.05) is 11.1 Å². The second-order valence-electron chi connectivity index (χ2n) is 3.89. The fourth-order valence-corrected chi connectivity index (χ4v) is 1.76. The number of phenolic OH excluding ortho intramolecular Hbond substituents is 2. The number of amides is 1. The Morgan fingerprint density at radius 1 is 1.16 bits per heavy atom. The minimum Gasteiger partial charge on any atom is -0.508 e. The van der Waals surface area contributed by atoms with Gasteiger partial charge in [-0.25, -0.2) is 0 Å². The number of rotatable bonds is 2. The summed E-state index contributed by atoms with van der Waals surface area (Å²) in [6, 6.07) is 8.31. The topological polar surface area (TPSA) is 95.6 Å². The highest BCUT2D eigenvalue weighted by molar-refractivity contribution is 6.34. The van der Waals surface area contributed by atoms with E-state index in [1.165, 1.54) is 18.2 Å². The number of aromatic hydroxyl groups is 2. The molecule has 0 radical (unpaired) electrons. The molecule has 6 heteroatoms. The van der Waals surface area contributed by atoms with Crippen LogP contribution in [0.1, 0.15) is 10.4 Å². The molecule has 0 heterocycles. The highest BCUT2D eigenvalue weighted by Gasteiger charge is 2.13. The van der Waals surface area contributed by atoms with Gasteiger partial charge in [-0.2, -0.15) is 0 Å². The van der Waals surface area contributed by atoms with Crippen LogP contribution < -0.4 is 11.1 Å². The summed E-state index contributed by atoms with van der Waals surface area (Å²) < 4.78 is 0. The van der Waals surface area contributed by atoms with Crippen LogP contribution in [0, 0.1) is 0 Å². The van der Waals surface area contributed by atoms with Gasteiger partial charge in [0, 0.05) is 5.69 Å². The Hall–Kier alpha value is -2.40. The minimum absolute atomic E-state index is 0.0482. The number of hydrogen-bond donors (Lipinski definition) is 4. The van der Waals surface area contributed by atoms with Crippen molar-refractivity contribution in [2.45, 2.75) is 0 Å². The van der Waals surface area contributed by atoms with Crippen LogP contribution in [0.3, 0.4) is 0 Å². The molecule has 0 fully saturated rings. The maximum atomic E-state index is 12.0. The molecule has 0 aromatic heterocycles. The van der Waals surface area contributed by atoms with Crippen molar-refractivity contribution in [3.63, 3.8) is 0 Å². The lowest BCUT2D eigenvalue weighted by Crippen LogP contribution is -2.12. The van der Waals surface area contributed by atoms with Gasteiger partial charge in [0.15, 0.2) is 0 Å². The number of carbonyl (C=O) groups is 1. The number of anilines is 2. The van der Waals surface area contributed by atoms with Crippen molar-refractivity contribution >= 4 is 28.9 Å². The maximum Gasteiger partial charge on any atom is 0.259 e. The van der Waals surface area contributed by atoms with Crippen molar-refractivity contribution in [3.8, 4) is 11.5 Å². The van der Waals surface area contributed by atoms with Gasteiger partial charge in [0.05, 0.1) is 16.3 Å². The van der Waals surface area contributed by atoms with E-state index in [9.17, 15) is 15.0 Å². The number of phenols is 2. The molecule has 19 heavy (non-hydrogen) atoms. The van der Waals surface area contributed by atoms with E-state index in [4.69, 9.17) is 17.3 Å². The number of benzene rings is 2. The van der Waals surface area contributed by atoms with E-state index in [2.05, 4.69) is 5.32 Å². The average Bonchev–Trinajstić information content (AvgIpc) is 2.35. The fraction of sp³-hybridized carbons (Fsp3) is 0. The lowest BCUT2D eigenvalue weighted by Gasteiger charge is -2.09. The summed E-state index contributed by atoms with van der Waals surface area (Å²) in [5.74, 6) is -0.937. The quantitative estimate of drug-likeness (QED) is 0.501. The molecule has 0 bridgehead atoms. The molecule has 0 atom stereocenters. The van der Waals surface area contributed by atoms with Crippen LogP contribution in [0.5, 0.6) is 11.5 Å². The van der Waals surface area contributed by atoms with Gasteiger partial charge < -0.3 is 21.3 Å². The van der Waals surface area contributed by atoms with Crippen LogP contribution in [0.2, 0.25) is 5.02 Å². The van der Waals surface area contributed by atoms with E-state index in [0.29, 0.717) is 11.4 Å². The van der Waals surface area contributed by atoms with Gasteiger partial charge in [-0.15, -0.1) is 0 Å². The molecule has 2 aromatic carbocycles. The Morgan fingerprint density at radius 3 is 2.58 bits per heavy atom. The van der Waals surface area contributed by atoms with Gasteiger partial charge in [-0.3, -0.25) is 4.79 Å². The molecule has 5 nitrogen and oxygen atoms in total. The number of nitrogen functional groups attached to an aromatic ring is 1. The van der Waals surface area contributed by atoms with E-state index in [1.54, 1.807) is 12.1 Å². The first-order valence-corrected chi connectivity index (χ1v) is 5.73. The highest BCUT2D eigenvalue weighted by Crippen LogP contribution is 2.27. The number of nitrogens with two attached hydrogens (primary N) is 1. The third kappa shape index (κ3) is 2.89. The standard InChI is InChI=1S/C13H11ClN2O3/c14-10-5-7(15)1-3-11(10)16-13(19)9-6-8(17)2-4-12(9)18/h1-6,17-18H,15H2,(H,16,19). The lowest BCUT2D eigenvalue weighted by molar-refractivity contribution is 0.102. The Labute approximate surface area is 114 Å². The predicted molar refractivity (Wildman–Crippen MR) is 73.6 cm³/mol. The molecule has 0 aliphatic rings. The van der Waals surface area contributed by atoms with Gasteiger partial charge in [0.1, 0.15) is 11.5 Å². The molecule has 0 unspecified atom stereocenters. The first-order chi connectivity index (χ1) is 8.97. The van der Waals surface area contributed by atoms with E-state index in [0.717, 1.165) is 6.07 Å². The molecule has 0 saturated heterocycles. The van der Waals surface area contributed by atoms with Crippen LogP contribution in [0.4, 0.5) is 11.4 Å². The molecule has 0 saturated carbocycles. The van der Waals surface area contributed by atoms with Gasteiger partial charge >= 0.3 is 0 Å². The lowest BCUT2D eigenvalue weighted by atomic mass is 10.1. The average molecular weight is 279 g/mol. The third-order valence-corrected chi connectivity index (χ3v) is 2.78. The first-order valence-electron chi connectivity index (χ1n) is 5.36. The van der Waals surface area contributed by atoms with Crippen LogP contribution in [-0.4, -0.2) is 16.1 Å². The van der Waals surface area contributed by atoms with Gasteiger partial charge in [0.2, 0.25) is 0 Å². The number of halogens is 1. The first kappa shape index (κ1) is 13.0. The Morgan fingerprint density at radius 2 is 1.89 bits per heavy atom. The van der Waals surface area contributed by atoms with E-state index < -0.39 is 5.91 Å². The van der Waals surface area contributed by atoms with Crippen molar-refractivity contribution in [1.82, 2.24) is 0 Å². The summed E-state index contributed by atoms with van der Waals surface area (Å²) in [6.45, 7) is 0. The zero-order chi connectivity index (χ0) is 14.0. The zero-order valence-electron chi connectivity index (χ0n) is 9.72. The molecule has 0 spiro atoms. The summed E-state index contributed by atoms with van der Waals surface area (Å²) >= 11 is 5.93. The molecule has 0 aliphatic heterocycles. The molecule has 0 aliphatic carbocycles. The Kier molecular flexibility index (Phi) is 3.48. The molecule has 5 N–H and O–H groups in total. The van der Waals surface area contributed by atoms with Gasteiger partial charge in [0.25, 0.3) is 5.91 Å². The largest absolute Gasteiger partial charge is 0.508 e. The summed E-state index contributed by atoms with van der Waals surface area (Å²) in [5.41, 5.74) is 6.33. The summed E-state index contributed by atoms with van der Waals surface area (Å²) in [5, 5.41) is 21.7. The zero-order valence-corrected chi connectivity index (χ0v) is 10.5. The smallest absolute Gasteiger partial charge is 0.259 e. The monoisotopic (exact) mass is 278 g/mol. The molecule has 2 aromatic rings. The molecular formula is C13H11ClN2O3. The number of nitrogens with one attached hydrogen (secondary N) is 1. The Bertz CT molecular complexity index is 644. The molecule has 98 valence electrons. The highest BCUT2D eigenvalue weighted by atomic mass is 35.5. The second kappa shape index (κ2) is 5.07. The van der Waals surface area contributed by atoms with Crippen LogP contribution in [0.15, 0.2) is 36.4 Å². The van der Waals surface area contributed by atoms with E-state index >= 15 is 0 Å². The maximum absolute atomic E-state index is 12.0. The SMILES string of the molecule is Nc1ccc(NC(=O)c2cc(O)ccc2O)c(Cl)c1. The summed E-state index contributed by atoms with van der Waals surface area (Å²) in [4.78, 5) is 12.0. The van der Waals surface area contributed by atoms with Crippen LogP contribution in [-0.2, 0) is 0 Å². The fourth-order valence-electron chi connectivity index (χ4n) is 1.53. The van der Waals surface area contributed by atoms with Crippen molar-refractivity contribution in [1.29, 1.82) is 0 Å². The van der Waals surface area contributed by atoms with Gasteiger partial charge in [-0.1, -0.05) is 11.6 Å². The predicted octanol–water partition coefficient (Wildman–Crippen LogP) is 2.59. The molecular weight excluding hydrogens is 268 g/mol. The minimum atomic E-state index is -0.583. The van der Waals surface area contributed by atoms with E-state index in [-0.39, 0.29) is 22.1 Å². The summed E-state index contributed by atoms with van der Waals surface area (Å²) in [6.07, 6.45) is 0. The van der Waals surface area contributed by atoms with Crippen molar-refractivity contribution in [2.24, 2.45) is 0 Å². The summed E-state index contributed by atoms with van der Waals surface area (Å²) in [7, 11) is 0. The van der Waals surface area contributed by atoms with Crippen LogP contribution in [0.25, 0.3) is 0 Å². The van der Waals surface area contributed by atoms with E-state index in [1.807, 2.05) is 0 Å². The number of hydrogen-bond acceptors (Lipinski definition) is 4. The van der Waals surface area contributed by atoms with Crippen molar-refractivity contribution < 1.29 is 15.0 Å². The normalized spacial score (nSPS) is 10.2. The van der Waals surface area contributed by atoms with Crippen molar-refractivity contribution in [3.05, 3.63) is 47.0 Å². The second-order valence-corrected chi connectivity index (χ2v) is 4.30. The molecule has 2 rings (SSSR count). The third-order valence-electron chi connectivity index (χ3n) is 2.47.